The normalized spacial score (nSPS) is 10.6. The molecule has 1 aromatic heterocycles. The van der Waals surface area contributed by atoms with Crippen LogP contribution in [0.5, 0.6) is 0 Å². The van der Waals surface area contributed by atoms with Crippen LogP contribution >= 0.6 is 11.8 Å². The van der Waals surface area contributed by atoms with Gasteiger partial charge in [-0.15, -0.1) is 10.2 Å². The molecular weight excluding hydrogens is 282 g/mol. The van der Waals surface area contributed by atoms with E-state index in [-0.39, 0.29) is 17.5 Å². The molecule has 0 aliphatic carbocycles. The Labute approximate surface area is 121 Å². The molecule has 1 aromatic rings. The average Bonchev–Trinajstić information content (AvgIpc) is 2.83. The number of aromatic nitrogens is 2. The lowest BCUT2D eigenvalue weighted by Crippen LogP contribution is -2.40. The van der Waals surface area contributed by atoms with Gasteiger partial charge in [-0.3, -0.25) is 10.1 Å². The Bertz CT molecular complexity index is 449. The quantitative estimate of drug-likeness (QED) is 0.626. The number of amides is 3. The number of hydrogen-bond acceptors (Lipinski definition) is 7. The number of imide groups is 1. The van der Waals surface area contributed by atoms with E-state index in [9.17, 15) is 9.59 Å². The highest BCUT2D eigenvalue weighted by atomic mass is 32.2. The van der Waals surface area contributed by atoms with Gasteiger partial charge in [0.2, 0.25) is 11.8 Å². The number of nitrogens with zero attached hydrogens (tertiary/aromatic N) is 2. The van der Waals surface area contributed by atoms with Crippen LogP contribution in [-0.2, 0) is 11.3 Å². The topological polar surface area (TPSA) is 123 Å². The first-order chi connectivity index (χ1) is 9.51. The standard InChI is InChI=1S/C11H19N5O3S/c1-7(2)3-4-13-10(18)14-8(17)6-20-11-16-15-9(5-12)19-11/h7H,3-6,12H2,1-2H3,(H2,13,14,17,18). The van der Waals surface area contributed by atoms with Gasteiger partial charge in [0.1, 0.15) is 0 Å². The molecule has 3 amide bonds. The fourth-order valence-electron chi connectivity index (χ4n) is 1.19. The van der Waals surface area contributed by atoms with E-state index in [1.54, 1.807) is 0 Å². The van der Waals surface area contributed by atoms with E-state index in [1.165, 1.54) is 0 Å². The minimum absolute atomic E-state index is 0.0177. The fourth-order valence-corrected chi connectivity index (χ4v) is 1.77. The van der Waals surface area contributed by atoms with Gasteiger partial charge in [0, 0.05) is 6.54 Å². The first-order valence-electron chi connectivity index (χ1n) is 6.24. The summed E-state index contributed by atoms with van der Waals surface area (Å²) in [6, 6.07) is -0.496. The smallest absolute Gasteiger partial charge is 0.321 e. The van der Waals surface area contributed by atoms with E-state index in [4.69, 9.17) is 10.2 Å². The van der Waals surface area contributed by atoms with E-state index in [0.29, 0.717) is 18.4 Å². The molecule has 0 radical (unpaired) electrons. The maximum absolute atomic E-state index is 11.5. The number of carbonyl (C=O) groups excluding carboxylic acids is 2. The number of nitrogens with one attached hydrogen (secondary N) is 2. The summed E-state index contributed by atoms with van der Waals surface area (Å²) in [5.41, 5.74) is 5.31. The van der Waals surface area contributed by atoms with Crippen LogP contribution in [0, 0.1) is 5.92 Å². The van der Waals surface area contributed by atoms with Crippen LogP contribution < -0.4 is 16.4 Å². The van der Waals surface area contributed by atoms with Crippen LogP contribution in [0.4, 0.5) is 4.79 Å². The van der Waals surface area contributed by atoms with E-state index < -0.39 is 11.9 Å². The SMILES string of the molecule is CC(C)CCNC(=O)NC(=O)CSc1nnc(CN)o1. The number of rotatable bonds is 7. The minimum Gasteiger partial charge on any atom is -0.415 e. The summed E-state index contributed by atoms with van der Waals surface area (Å²) in [7, 11) is 0. The van der Waals surface area contributed by atoms with Crippen molar-refractivity contribution in [3.05, 3.63) is 5.89 Å². The van der Waals surface area contributed by atoms with Crippen molar-refractivity contribution in [3.8, 4) is 0 Å². The first kappa shape index (κ1) is 16.4. The maximum Gasteiger partial charge on any atom is 0.321 e. The maximum atomic E-state index is 11.5. The molecule has 0 aromatic carbocycles. The second-order valence-corrected chi connectivity index (χ2v) is 5.37. The van der Waals surface area contributed by atoms with E-state index in [1.807, 2.05) is 0 Å². The molecule has 112 valence electrons. The summed E-state index contributed by atoms with van der Waals surface area (Å²) in [4.78, 5) is 22.9. The van der Waals surface area contributed by atoms with E-state index in [2.05, 4.69) is 34.7 Å². The lowest BCUT2D eigenvalue weighted by molar-refractivity contribution is -0.117. The summed E-state index contributed by atoms with van der Waals surface area (Å²) >= 11 is 1.05. The largest absolute Gasteiger partial charge is 0.415 e. The van der Waals surface area contributed by atoms with E-state index >= 15 is 0 Å². The molecule has 0 spiro atoms. The van der Waals surface area contributed by atoms with Gasteiger partial charge in [-0.1, -0.05) is 25.6 Å². The van der Waals surface area contributed by atoms with Gasteiger partial charge in [-0.05, 0) is 12.3 Å². The molecule has 0 fully saturated rings. The van der Waals surface area contributed by atoms with Crippen molar-refractivity contribution in [1.29, 1.82) is 0 Å². The second-order valence-electron chi connectivity index (χ2n) is 4.44. The van der Waals surface area contributed by atoms with Crippen molar-refractivity contribution in [2.24, 2.45) is 11.7 Å². The molecule has 0 aliphatic rings. The Morgan fingerprint density at radius 2 is 2.15 bits per heavy atom. The molecule has 0 atom stereocenters. The zero-order valence-electron chi connectivity index (χ0n) is 11.5. The Balaban J connectivity index is 2.20. The molecule has 20 heavy (non-hydrogen) atoms. The van der Waals surface area contributed by atoms with Crippen molar-refractivity contribution in [3.63, 3.8) is 0 Å². The number of hydrogen-bond donors (Lipinski definition) is 3. The molecular formula is C11H19N5O3S. The molecule has 0 aliphatic heterocycles. The van der Waals surface area contributed by atoms with Crippen molar-refractivity contribution in [1.82, 2.24) is 20.8 Å². The highest BCUT2D eigenvalue weighted by molar-refractivity contribution is 7.99. The van der Waals surface area contributed by atoms with Gasteiger partial charge in [-0.2, -0.15) is 0 Å². The van der Waals surface area contributed by atoms with Crippen LogP contribution in [0.1, 0.15) is 26.2 Å². The lowest BCUT2D eigenvalue weighted by Gasteiger charge is -2.07. The molecule has 1 rings (SSSR count). The molecule has 0 unspecified atom stereocenters. The Kier molecular flexibility index (Phi) is 7.02. The van der Waals surface area contributed by atoms with Crippen LogP contribution in [-0.4, -0.2) is 34.4 Å². The summed E-state index contributed by atoms with van der Waals surface area (Å²) in [6.07, 6.45) is 0.861. The zero-order valence-corrected chi connectivity index (χ0v) is 12.3. The molecule has 9 heteroatoms. The first-order valence-corrected chi connectivity index (χ1v) is 7.22. The monoisotopic (exact) mass is 301 g/mol. The summed E-state index contributed by atoms with van der Waals surface area (Å²) in [5, 5.41) is 12.4. The van der Waals surface area contributed by atoms with Crippen LogP contribution in [0.2, 0.25) is 0 Å². The summed E-state index contributed by atoms with van der Waals surface area (Å²) < 4.78 is 5.11. The summed E-state index contributed by atoms with van der Waals surface area (Å²) in [5.74, 6) is 0.392. The van der Waals surface area contributed by atoms with E-state index in [0.717, 1.165) is 18.2 Å². The highest BCUT2D eigenvalue weighted by Crippen LogP contribution is 2.15. The number of urea groups is 1. The van der Waals surface area contributed by atoms with Crippen LogP contribution in [0.3, 0.4) is 0 Å². The molecule has 8 nitrogen and oxygen atoms in total. The molecule has 1 heterocycles. The fraction of sp³-hybridized carbons (Fsp3) is 0.636. The predicted molar refractivity (Wildman–Crippen MR) is 73.9 cm³/mol. The lowest BCUT2D eigenvalue weighted by atomic mass is 10.1. The highest BCUT2D eigenvalue weighted by Gasteiger charge is 2.11. The number of carbonyl (C=O) groups is 2. The third-order valence-corrected chi connectivity index (χ3v) is 3.03. The molecule has 0 bridgehead atoms. The zero-order chi connectivity index (χ0) is 15.0. The van der Waals surface area contributed by atoms with Crippen molar-refractivity contribution in [2.75, 3.05) is 12.3 Å². The number of thioether (sulfide) groups is 1. The van der Waals surface area contributed by atoms with Crippen LogP contribution in [0.25, 0.3) is 0 Å². The van der Waals surface area contributed by atoms with Crippen molar-refractivity contribution in [2.45, 2.75) is 32.0 Å². The van der Waals surface area contributed by atoms with Gasteiger partial charge in [-0.25, -0.2) is 4.79 Å². The average molecular weight is 301 g/mol. The number of nitrogens with two attached hydrogens (primary N) is 1. The van der Waals surface area contributed by atoms with Gasteiger partial charge in [0.15, 0.2) is 0 Å². The van der Waals surface area contributed by atoms with Gasteiger partial charge in [0.25, 0.3) is 5.22 Å². The molecule has 0 saturated heterocycles. The van der Waals surface area contributed by atoms with Gasteiger partial charge < -0.3 is 15.5 Å². The molecule has 0 saturated carbocycles. The third-order valence-electron chi connectivity index (χ3n) is 2.21. The summed E-state index contributed by atoms with van der Waals surface area (Å²) in [6.45, 7) is 4.80. The second kappa shape index (κ2) is 8.54. The Morgan fingerprint density at radius 3 is 2.75 bits per heavy atom. The van der Waals surface area contributed by atoms with Gasteiger partial charge >= 0.3 is 6.03 Å². The van der Waals surface area contributed by atoms with Crippen LogP contribution in [0.15, 0.2) is 9.64 Å². The Hall–Kier alpha value is -1.61. The predicted octanol–water partition coefficient (Wildman–Crippen LogP) is 0.492. The van der Waals surface area contributed by atoms with Crippen molar-refractivity contribution < 1.29 is 14.0 Å². The third kappa shape index (κ3) is 6.53. The van der Waals surface area contributed by atoms with Gasteiger partial charge in [0.05, 0.1) is 12.3 Å². The van der Waals surface area contributed by atoms with Crippen molar-refractivity contribution >= 4 is 23.7 Å². The minimum atomic E-state index is -0.496. The Morgan fingerprint density at radius 1 is 1.40 bits per heavy atom. The molecule has 4 N–H and O–H groups in total.